The van der Waals surface area contributed by atoms with E-state index in [0.717, 1.165) is 5.56 Å². The fraction of sp³-hybridized carbons (Fsp3) is 0.357. The molecule has 6 heteroatoms. The maximum atomic E-state index is 11.9. The largest absolute Gasteiger partial charge is 0.343 e. The van der Waals surface area contributed by atoms with Gasteiger partial charge in [-0.15, -0.1) is 0 Å². The molecule has 6 nitrogen and oxygen atoms in total. The number of hydrogen-bond acceptors (Lipinski definition) is 4. The van der Waals surface area contributed by atoms with Crippen LogP contribution < -0.4 is 16.4 Å². The van der Waals surface area contributed by atoms with Gasteiger partial charge in [0.15, 0.2) is 0 Å². The molecule has 1 aliphatic heterocycles. The van der Waals surface area contributed by atoms with Crippen LogP contribution in [0.5, 0.6) is 0 Å². The Balaban J connectivity index is 1.88. The molecular weight excluding hydrogens is 258 g/mol. The lowest BCUT2D eigenvalue weighted by Gasteiger charge is -2.23. The highest BCUT2D eigenvalue weighted by Gasteiger charge is 2.29. The number of rotatable bonds is 4. The molecule has 2 rings (SSSR count). The molecule has 1 fully saturated rings. The zero-order valence-corrected chi connectivity index (χ0v) is 11.0. The van der Waals surface area contributed by atoms with E-state index in [0.29, 0.717) is 12.8 Å². The van der Waals surface area contributed by atoms with Gasteiger partial charge < -0.3 is 11.1 Å². The van der Waals surface area contributed by atoms with Crippen molar-refractivity contribution in [2.24, 2.45) is 5.73 Å². The second-order valence-electron chi connectivity index (χ2n) is 4.81. The van der Waals surface area contributed by atoms with E-state index in [1.165, 1.54) is 0 Å². The van der Waals surface area contributed by atoms with Crippen LogP contribution in [0.3, 0.4) is 0 Å². The van der Waals surface area contributed by atoms with Crippen LogP contribution in [0.2, 0.25) is 0 Å². The minimum Gasteiger partial charge on any atom is -0.343 e. The maximum Gasteiger partial charge on any atom is 0.249 e. The first-order chi connectivity index (χ1) is 9.56. The van der Waals surface area contributed by atoms with E-state index < -0.39 is 18.0 Å². The highest BCUT2D eigenvalue weighted by atomic mass is 16.2. The van der Waals surface area contributed by atoms with Crippen LogP contribution in [-0.4, -0.2) is 29.8 Å². The quantitative estimate of drug-likeness (QED) is 0.643. The summed E-state index contributed by atoms with van der Waals surface area (Å²) in [5, 5.41) is 4.77. The third-order valence-corrected chi connectivity index (χ3v) is 3.19. The van der Waals surface area contributed by atoms with Crippen molar-refractivity contribution in [1.82, 2.24) is 10.6 Å². The Kier molecular flexibility index (Phi) is 4.47. The molecule has 0 unspecified atom stereocenters. The van der Waals surface area contributed by atoms with Gasteiger partial charge in [0.1, 0.15) is 6.04 Å². The van der Waals surface area contributed by atoms with Crippen LogP contribution in [0.1, 0.15) is 18.4 Å². The van der Waals surface area contributed by atoms with E-state index in [-0.39, 0.29) is 18.2 Å². The Labute approximate surface area is 116 Å². The maximum absolute atomic E-state index is 11.9. The van der Waals surface area contributed by atoms with E-state index in [1.54, 1.807) is 0 Å². The molecule has 1 heterocycles. The standard InChI is InChI=1S/C14H17N3O3/c15-10(8-9-4-2-1-3-5-9)13(19)16-11-6-7-12(18)17-14(11)20/h1-5,10-11H,6-8,15H2,(H,16,19)(H,17,18,20)/t10-,11-/m0/s1. The molecule has 0 aromatic heterocycles. The molecule has 0 spiro atoms. The van der Waals surface area contributed by atoms with Gasteiger partial charge in [-0.2, -0.15) is 0 Å². The molecule has 0 aliphatic carbocycles. The van der Waals surface area contributed by atoms with Crippen LogP contribution in [-0.2, 0) is 20.8 Å². The zero-order valence-electron chi connectivity index (χ0n) is 11.0. The lowest BCUT2D eigenvalue weighted by molar-refractivity contribution is -0.137. The molecule has 20 heavy (non-hydrogen) atoms. The van der Waals surface area contributed by atoms with Gasteiger partial charge in [0.2, 0.25) is 17.7 Å². The topological polar surface area (TPSA) is 101 Å². The highest BCUT2D eigenvalue weighted by molar-refractivity contribution is 6.02. The lowest BCUT2D eigenvalue weighted by atomic mass is 10.0. The molecule has 2 atom stereocenters. The fourth-order valence-electron chi connectivity index (χ4n) is 2.07. The van der Waals surface area contributed by atoms with Gasteiger partial charge in [0, 0.05) is 6.42 Å². The average Bonchev–Trinajstić information content (AvgIpc) is 2.43. The number of carbonyl (C=O) groups is 3. The van der Waals surface area contributed by atoms with Gasteiger partial charge in [0.05, 0.1) is 6.04 Å². The Hall–Kier alpha value is -2.21. The molecule has 0 saturated carbocycles. The van der Waals surface area contributed by atoms with E-state index in [2.05, 4.69) is 10.6 Å². The molecule has 4 N–H and O–H groups in total. The molecule has 106 valence electrons. The summed E-state index contributed by atoms with van der Waals surface area (Å²) < 4.78 is 0. The second-order valence-corrected chi connectivity index (χ2v) is 4.81. The summed E-state index contributed by atoms with van der Waals surface area (Å²) >= 11 is 0. The molecule has 1 aromatic carbocycles. The van der Waals surface area contributed by atoms with Crippen molar-refractivity contribution in [2.75, 3.05) is 0 Å². The third-order valence-electron chi connectivity index (χ3n) is 3.19. The predicted molar refractivity (Wildman–Crippen MR) is 72.4 cm³/mol. The molecule has 3 amide bonds. The summed E-state index contributed by atoms with van der Waals surface area (Å²) in [5.41, 5.74) is 6.79. The Morgan fingerprint density at radius 2 is 2.05 bits per heavy atom. The van der Waals surface area contributed by atoms with Crippen molar-refractivity contribution in [3.05, 3.63) is 35.9 Å². The van der Waals surface area contributed by atoms with E-state index in [1.807, 2.05) is 30.3 Å². The Morgan fingerprint density at radius 1 is 1.35 bits per heavy atom. The average molecular weight is 275 g/mol. The monoisotopic (exact) mass is 275 g/mol. The first-order valence-electron chi connectivity index (χ1n) is 6.50. The van der Waals surface area contributed by atoms with E-state index in [4.69, 9.17) is 5.73 Å². The van der Waals surface area contributed by atoms with Gasteiger partial charge in [-0.25, -0.2) is 0 Å². The molecule has 0 radical (unpaired) electrons. The highest BCUT2D eigenvalue weighted by Crippen LogP contribution is 2.06. The Morgan fingerprint density at radius 3 is 2.70 bits per heavy atom. The zero-order chi connectivity index (χ0) is 14.5. The molecule has 1 aromatic rings. The van der Waals surface area contributed by atoms with Crippen LogP contribution in [0.4, 0.5) is 0 Å². The lowest BCUT2D eigenvalue weighted by Crippen LogP contribution is -2.55. The van der Waals surface area contributed by atoms with Crippen molar-refractivity contribution in [1.29, 1.82) is 0 Å². The number of carbonyl (C=O) groups excluding carboxylic acids is 3. The number of nitrogens with two attached hydrogens (primary N) is 1. The minimum atomic E-state index is -0.720. The number of hydrogen-bond donors (Lipinski definition) is 3. The summed E-state index contributed by atoms with van der Waals surface area (Å²) in [5.74, 6) is -1.17. The predicted octanol–water partition coefficient (Wildman–Crippen LogP) is -0.522. The number of imide groups is 1. The van der Waals surface area contributed by atoms with Crippen LogP contribution in [0.15, 0.2) is 30.3 Å². The fourth-order valence-corrected chi connectivity index (χ4v) is 2.07. The summed E-state index contributed by atoms with van der Waals surface area (Å²) in [6, 6.07) is 8.02. The summed E-state index contributed by atoms with van der Waals surface area (Å²) in [4.78, 5) is 34.5. The van der Waals surface area contributed by atoms with Gasteiger partial charge in [0.25, 0.3) is 0 Å². The summed E-state index contributed by atoms with van der Waals surface area (Å²) in [7, 11) is 0. The van der Waals surface area contributed by atoms with Gasteiger partial charge in [-0.1, -0.05) is 30.3 Å². The molecule has 1 aliphatic rings. The van der Waals surface area contributed by atoms with E-state index >= 15 is 0 Å². The first kappa shape index (κ1) is 14.2. The Bertz CT molecular complexity index is 516. The van der Waals surface area contributed by atoms with Crippen LogP contribution >= 0.6 is 0 Å². The summed E-state index contributed by atoms with van der Waals surface area (Å²) in [6.45, 7) is 0. The summed E-state index contributed by atoms with van der Waals surface area (Å²) in [6.07, 6.45) is 0.943. The molecule has 1 saturated heterocycles. The van der Waals surface area contributed by atoms with E-state index in [9.17, 15) is 14.4 Å². The normalized spacial score (nSPS) is 20.1. The van der Waals surface area contributed by atoms with Crippen molar-refractivity contribution in [2.45, 2.75) is 31.3 Å². The van der Waals surface area contributed by atoms with Crippen molar-refractivity contribution >= 4 is 17.7 Å². The van der Waals surface area contributed by atoms with Crippen molar-refractivity contribution < 1.29 is 14.4 Å². The number of nitrogens with one attached hydrogen (secondary N) is 2. The first-order valence-corrected chi connectivity index (χ1v) is 6.50. The SMILES string of the molecule is N[C@@H](Cc1ccccc1)C(=O)N[C@H]1CCC(=O)NC1=O. The molecular formula is C14H17N3O3. The van der Waals surface area contributed by atoms with Crippen LogP contribution in [0.25, 0.3) is 0 Å². The molecule has 0 bridgehead atoms. The van der Waals surface area contributed by atoms with Gasteiger partial charge in [-0.05, 0) is 18.4 Å². The van der Waals surface area contributed by atoms with Crippen molar-refractivity contribution in [3.8, 4) is 0 Å². The smallest absolute Gasteiger partial charge is 0.249 e. The number of benzene rings is 1. The van der Waals surface area contributed by atoms with Gasteiger partial charge >= 0.3 is 0 Å². The van der Waals surface area contributed by atoms with Gasteiger partial charge in [-0.3, -0.25) is 19.7 Å². The third kappa shape index (κ3) is 3.64. The van der Waals surface area contributed by atoms with Crippen LogP contribution in [0, 0.1) is 0 Å². The van der Waals surface area contributed by atoms with Crippen molar-refractivity contribution in [3.63, 3.8) is 0 Å². The minimum absolute atomic E-state index is 0.227. The number of piperidine rings is 1. The second kappa shape index (κ2) is 6.29. The number of amides is 3.